The van der Waals surface area contributed by atoms with Crippen LogP contribution in [-0.2, 0) is 0 Å². The highest BCUT2D eigenvalue weighted by Gasteiger charge is 2.02. The summed E-state index contributed by atoms with van der Waals surface area (Å²) in [6.45, 7) is 1.96. The van der Waals surface area contributed by atoms with Gasteiger partial charge in [-0.2, -0.15) is 5.10 Å². The average Bonchev–Trinajstić information content (AvgIpc) is 3.04. The van der Waals surface area contributed by atoms with Gasteiger partial charge in [-0.25, -0.2) is 10.2 Å². The molecule has 0 aliphatic heterocycles. The minimum atomic E-state index is -0.397. The van der Waals surface area contributed by atoms with E-state index in [-0.39, 0.29) is 0 Å². The highest BCUT2D eigenvalue weighted by Crippen LogP contribution is 2.15. The largest absolute Gasteiger partial charge is 0.339 e. The molecule has 0 radical (unpaired) electrons. The van der Waals surface area contributed by atoms with Crippen LogP contribution in [0.1, 0.15) is 11.3 Å². The normalized spacial score (nSPS) is 10.8. The number of anilines is 1. The summed E-state index contributed by atoms with van der Waals surface area (Å²) in [7, 11) is 0. The Hall–Kier alpha value is -3.05. The molecule has 0 saturated heterocycles. The standard InChI is InChI=1S/C19H17ClN4O/c1-14-4-2-5-16(12-14)22-19(25)23-21-13-18-6-3-11-24(18)17-9-7-15(20)8-10-17/h2-13H,1H3,(H2,22,23,25)/b21-13+. The Kier molecular flexibility index (Phi) is 5.16. The number of halogens is 1. The number of nitrogens with one attached hydrogen (secondary N) is 2. The number of urea groups is 1. The van der Waals surface area contributed by atoms with Gasteiger partial charge in [0.2, 0.25) is 0 Å². The molecule has 25 heavy (non-hydrogen) atoms. The minimum Gasteiger partial charge on any atom is -0.316 e. The van der Waals surface area contributed by atoms with E-state index >= 15 is 0 Å². The van der Waals surface area contributed by atoms with Gasteiger partial charge in [-0.05, 0) is 61.0 Å². The third-order valence-electron chi connectivity index (χ3n) is 3.52. The Morgan fingerprint density at radius 1 is 1.12 bits per heavy atom. The van der Waals surface area contributed by atoms with E-state index < -0.39 is 6.03 Å². The van der Waals surface area contributed by atoms with Crippen molar-refractivity contribution >= 4 is 29.5 Å². The van der Waals surface area contributed by atoms with Crippen molar-refractivity contribution in [3.8, 4) is 5.69 Å². The lowest BCUT2D eigenvalue weighted by Crippen LogP contribution is -2.24. The van der Waals surface area contributed by atoms with E-state index in [0.29, 0.717) is 5.02 Å². The van der Waals surface area contributed by atoms with Gasteiger partial charge in [-0.1, -0.05) is 23.7 Å². The van der Waals surface area contributed by atoms with Crippen molar-refractivity contribution in [3.63, 3.8) is 0 Å². The lowest BCUT2D eigenvalue weighted by atomic mass is 10.2. The number of nitrogens with zero attached hydrogens (tertiary/aromatic N) is 2. The highest BCUT2D eigenvalue weighted by atomic mass is 35.5. The number of hydrogen-bond acceptors (Lipinski definition) is 2. The molecule has 2 N–H and O–H groups in total. The van der Waals surface area contributed by atoms with Crippen LogP contribution in [0.5, 0.6) is 0 Å². The van der Waals surface area contributed by atoms with E-state index in [9.17, 15) is 4.79 Å². The van der Waals surface area contributed by atoms with Gasteiger partial charge in [0.05, 0.1) is 11.9 Å². The molecule has 3 aromatic rings. The van der Waals surface area contributed by atoms with Crippen LogP contribution in [0.4, 0.5) is 10.5 Å². The van der Waals surface area contributed by atoms with E-state index in [2.05, 4.69) is 15.8 Å². The van der Waals surface area contributed by atoms with Crippen LogP contribution in [0.25, 0.3) is 5.69 Å². The van der Waals surface area contributed by atoms with Crippen LogP contribution in [0.2, 0.25) is 5.02 Å². The summed E-state index contributed by atoms with van der Waals surface area (Å²) in [5.74, 6) is 0. The fraction of sp³-hybridized carbons (Fsp3) is 0.0526. The molecule has 1 heterocycles. The second kappa shape index (κ2) is 7.68. The van der Waals surface area contributed by atoms with Crippen LogP contribution < -0.4 is 10.7 Å². The van der Waals surface area contributed by atoms with Crippen LogP contribution in [0, 0.1) is 6.92 Å². The Bertz CT molecular complexity index is 900. The molecule has 2 aromatic carbocycles. The molecular weight excluding hydrogens is 336 g/mol. The number of amides is 2. The molecule has 0 aliphatic rings. The van der Waals surface area contributed by atoms with E-state index in [4.69, 9.17) is 11.6 Å². The quantitative estimate of drug-likeness (QED) is 0.523. The van der Waals surface area contributed by atoms with Crippen molar-refractivity contribution in [3.05, 3.63) is 83.1 Å². The molecule has 0 spiro atoms. The second-order valence-corrected chi connectivity index (χ2v) is 5.91. The smallest absolute Gasteiger partial charge is 0.316 e. The van der Waals surface area contributed by atoms with Crippen molar-refractivity contribution in [2.24, 2.45) is 5.10 Å². The van der Waals surface area contributed by atoms with Gasteiger partial charge in [-0.15, -0.1) is 0 Å². The monoisotopic (exact) mass is 352 g/mol. The van der Waals surface area contributed by atoms with E-state index in [0.717, 1.165) is 22.6 Å². The molecule has 126 valence electrons. The number of hydrazone groups is 1. The van der Waals surface area contributed by atoms with E-state index in [1.807, 2.05) is 78.4 Å². The number of benzene rings is 2. The molecule has 0 bridgehead atoms. The van der Waals surface area contributed by atoms with Gasteiger partial charge in [0.15, 0.2) is 0 Å². The van der Waals surface area contributed by atoms with Crippen LogP contribution in [0.3, 0.4) is 0 Å². The maximum Gasteiger partial charge on any atom is 0.339 e. The van der Waals surface area contributed by atoms with Crippen LogP contribution in [-0.4, -0.2) is 16.8 Å². The first-order valence-corrected chi connectivity index (χ1v) is 8.10. The summed E-state index contributed by atoms with van der Waals surface area (Å²) < 4.78 is 1.94. The predicted octanol–water partition coefficient (Wildman–Crippen LogP) is 4.59. The van der Waals surface area contributed by atoms with Gasteiger partial charge in [0, 0.05) is 22.6 Å². The molecule has 0 aliphatic carbocycles. The molecule has 0 atom stereocenters. The predicted molar refractivity (Wildman–Crippen MR) is 102 cm³/mol. The van der Waals surface area contributed by atoms with Gasteiger partial charge < -0.3 is 9.88 Å². The molecule has 5 nitrogen and oxygen atoms in total. The van der Waals surface area contributed by atoms with Crippen molar-refractivity contribution < 1.29 is 4.79 Å². The molecule has 1 aromatic heterocycles. The molecule has 0 fully saturated rings. The minimum absolute atomic E-state index is 0.397. The maximum absolute atomic E-state index is 11.9. The zero-order valence-electron chi connectivity index (χ0n) is 13.6. The van der Waals surface area contributed by atoms with E-state index in [1.165, 1.54) is 0 Å². The van der Waals surface area contributed by atoms with Crippen LogP contribution >= 0.6 is 11.6 Å². The SMILES string of the molecule is Cc1cccc(NC(=O)N/N=C/c2cccn2-c2ccc(Cl)cc2)c1. The van der Waals surface area contributed by atoms with Crippen molar-refractivity contribution in [1.82, 2.24) is 9.99 Å². The van der Waals surface area contributed by atoms with Crippen molar-refractivity contribution in [2.75, 3.05) is 5.32 Å². The van der Waals surface area contributed by atoms with Gasteiger partial charge in [0.25, 0.3) is 0 Å². The van der Waals surface area contributed by atoms with Gasteiger partial charge in [0.1, 0.15) is 0 Å². The Morgan fingerprint density at radius 2 is 1.92 bits per heavy atom. The summed E-state index contributed by atoms with van der Waals surface area (Å²) in [5.41, 5.74) is 6.04. The second-order valence-electron chi connectivity index (χ2n) is 5.47. The third-order valence-corrected chi connectivity index (χ3v) is 3.78. The number of carbonyl (C=O) groups excluding carboxylic acids is 1. The lowest BCUT2D eigenvalue weighted by Gasteiger charge is -2.07. The molecule has 0 unspecified atom stereocenters. The molecule has 2 amide bonds. The Balaban J connectivity index is 1.64. The maximum atomic E-state index is 11.9. The fourth-order valence-corrected chi connectivity index (χ4v) is 2.50. The first kappa shape index (κ1) is 16.8. The summed E-state index contributed by atoms with van der Waals surface area (Å²) in [5, 5.41) is 7.41. The molecular formula is C19H17ClN4O. The average molecular weight is 353 g/mol. The first-order chi connectivity index (χ1) is 12.1. The summed E-state index contributed by atoms with van der Waals surface area (Å²) in [6.07, 6.45) is 3.50. The summed E-state index contributed by atoms with van der Waals surface area (Å²) in [6, 6.07) is 18.4. The molecule has 6 heteroatoms. The zero-order chi connectivity index (χ0) is 17.6. The third kappa shape index (κ3) is 4.49. The van der Waals surface area contributed by atoms with Crippen molar-refractivity contribution in [1.29, 1.82) is 0 Å². The lowest BCUT2D eigenvalue weighted by molar-refractivity contribution is 0.252. The molecule has 3 rings (SSSR count). The van der Waals surface area contributed by atoms with E-state index in [1.54, 1.807) is 6.21 Å². The number of rotatable bonds is 4. The van der Waals surface area contributed by atoms with Gasteiger partial charge >= 0.3 is 6.03 Å². The Labute approximate surface area is 150 Å². The van der Waals surface area contributed by atoms with Gasteiger partial charge in [-0.3, -0.25) is 0 Å². The van der Waals surface area contributed by atoms with Crippen molar-refractivity contribution in [2.45, 2.75) is 6.92 Å². The highest BCUT2D eigenvalue weighted by molar-refractivity contribution is 6.30. The first-order valence-electron chi connectivity index (χ1n) is 7.72. The fourth-order valence-electron chi connectivity index (χ4n) is 2.38. The summed E-state index contributed by atoms with van der Waals surface area (Å²) >= 11 is 5.92. The number of aromatic nitrogens is 1. The number of aryl methyl sites for hydroxylation is 1. The summed E-state index contributed by atoms with van der Waals surface area (Å²) in [4.78, 5) is 11.9. The van der Waals surface area contributed by atoms with Crippen LogP contribution in [0.15, 0.2) is 72.0 Å². The Morgan fingerprint density at radius 3 is 2.68 bits per heavy atom. The topological polar surface area (TPSA) is 58.4 Å². The number of hydrogen-bond donors (Lipinski definition) is 2. The molecule has 0 saturated carbocycles. The zero-order valence-corrected chi connectivity index (χ0v) is 14.4. The number of carbonyl (C=O) groups is 1.